The van der Waals surface area contributed by atoms with Crippen LogP contribution in [0.1, 0.15) is 5.56 Å². The molecule has 1 aromatic rings. The molecule has 0 spiro atoms. The molecule has 0 aliphatic heterocycles. The van der Waals surface area contributed by atoms with Gasteiger partial charge in [-0.2, -0.15) is 0 Å². The van der Waals surface area contributed by atoms with E-state index in [4.69, 9.17) is 0 Å². The average Bonchev–Trinajstić information content (AvgIpc) is 2.03. The van der Waals surface area contributed by atoms with E-state index in [9.17, 15) is 9.59 Å². The lowest BCUT2D eigenvalue weighted by Gasteiger charge is -1.83. The fraction of sp³-hybridized carbons (Fsp3) is 0. The minimum atomic E-state index is -0.276. The highest BCUT2D eigenvalue weighted by molar-refractivity contribution is 5.73. The molecular weight excluding hydrogens is 142 g/mol. The first kappa shape index (κ1) is 7.29. The van der Waals surface area contributed by atoms with Gasteiger partial charge in [0.25, 0.3) is 5.56 Å². The highest BCUT2D eigenvalue weighted by Gasteiger charge is 1.89. The number of hydrogen-bond donors (Lipinski definition) is 1. The number of pyridine rings is 1. The van der Waals surface area contributed by atoms with Crippen molar-refractivity contribution < 1.29 is 4.79 Å². The molecule has 54 valence electrons. The van der Waals surface area contributed by atoms with Crippen molar-refractivity contribution in [2.75, 3.05) is 0 Å². The van der Waals surface area contributed by atoms with Crippen molar-refractivity contribution in [3.8, 4) is 11.8 Å². The molecule has 3 nitrogen and oxygen atoms in total. The highest BCUT2D eigenvalue weighted by atomic mass is 16.1. The van der Waals surface area contributed by atoms with Gasteiger partial charge < -0.3 is 4.98 Å². The summed E-state index contributed by atoms with van der Waals surface area (Å²) in [6.45, 7) is 0. The third-order valence-electron chi connectivity index (χ3n) is 1.08. The molecule has 1 heterocycles. The van der Waals surface area contributed by atoms with Crippen LogP contribution in [0.25, 0.3) is 0 Å². The molecule has 1 rings (SSSR count). The summed E-state index contributed by atoms with van der Waals surface area (Å²) in [4.78, 5) is 23.1. The normalized spacial score (nSPS) is 8.00. The number of nitrogens with one attached hydrogen (secondary N) is 1. The van der Waals surface area contributed by atoms with Gasteiger partial charge in [-0.05, 0) is 18.1 Å². The molecule has 0 bridgehead atoms. The topological polar surface area (TPSA) is 49.9 Å². The lowest BCUT2D eigenvalue weighted by Crippen LogP contribution is -2.07. The van der Waals surface area contributed by atoms with Crippen molar-refractivity contribution >= 4 is 6.29 Å². The third-order valence-corrected chi connectivity index (χ3v) is 1.08. The van der Waals surface area contributed by atoms with E-state index in [1.54, 1.807) is 12.1 Å². The van der Waals surface area contributed by atoms with Crippen LogP contribution in [0.5, 0.6) is 0 Å². The summed E-state index contributed by atoms with van der Waals surface area (Å²) in [7, 11) is 0. The minimum Gasteiger partial charge on any atom is -0.328 e. The molecule has 11 heavy (non-hydrogen) atoms. The Hall–Kier alpha value is -1.82. The molecular formula is C8H5NO2. The molecule has 3 heteroatoms. The first-order chi connectivity index (χ1) is 5.34. The van der Waals surface area contributed by atoms with Gasteiger partial charge in [-0.25, -0.2) is 0 Å². The van der Waals surface area contributed by atoms with E-state index in [2.05, 4.69) is 16.8 Å². The molecule has 1 N–H and O–H groups in total. The van der Waals surface area contributed by atoms with E-state index >= 15 is 0 Å². The third kappa shape index (κ3) is 1.80. The van der Waals surface area contributed by atoms with E-state index in [1.165, 1.54) is 6.20 Å². The quantitative estimate of drug-likeness (QED) is 0.412. The molecule has 0 aliphatic rings. The van der Waals surface area contributed by atoms with Gasteiger partial charge in [-0.1, -0.05) is 5.92 Å². The van der Waals surface area contributed by atoms with Gasteiger partial charge in [0.15, 0.2) is 6.29 Å². The first-order valence-corrected chi connectivity index (χ1v) is 2.97. The predicted molar refractivity (Wildman–Crippen MR) is 40.0 cm³/mol. The maximum absolute atomic E-state index is 10.9. The number of carbonyl (C=O) groups excluding carboxylic acids is 1. The van der Waals surface area contributed by atoms with Crippen LogP contribution in [-0.2, 0) is 4.79 Å². The summed E-state index contributed by atoms with van der Waals surface area (Å²) in [6, 6.07) is 3.20. The van der Waals surface area contributed by atoms with Crippen LogP contribution in [0.15, 0.2) is 23.1 Å². The summed E-state index contributed by atoms with van der Waals surface area (Å²) < 4.78 is 0. The van der Waals surface area contributed by atoms with Crippen molar-refractivity contribution in [2.45, 2.75) is 0 Å². The Bertz CT molecular complexity index is 367. The zero-order valence-corrected chi connectivity index (χ0v) is 5.63. The van der Waals surface area contributed by atoms with Crippen molar-refractivity contribution in [3.63, 3.8) is 0 Å². The van der Waals surface area contributed by atoms with E-state index in [0.29, 0.717) is 11.8 Å². The van der Waals surface area contributed by atoms with Crippen LogP contribution in [0.3, 0.4) is 0 Å². The number of aldehydes is 1. The smallest absolute Gasteiger partial charge is 0.263 e. The molecule has 0 unspecified atom stereocenters. The van der Waals surface area contributed by atoms with E-state index in [-0.39, 0.29) is 5.56 Å². The van der Waals surface area contributed by atoms with E-state index in [1.807, 2.05) is 0 Å². The van der Waals surface area contributed by atoms with Gasteiger partial charge in [-0.15, -0.1) is 0 Å². The van der Waals surface area contributed by atoms with Gasteiger partial charge in [0.2, 0.25) is 0 Å². The van der Waals surface area contributed by atoms with Crippen molar-refractivity contribution in [3.05, 3.63) is 34.2 Å². The molecule has 0 radical (unpaired) electrons. The summed E-state index contributed by atoms with van der Waals surface area (Å²) in [5, 5.41) is 0. The van der Waals surface area contributed by atoms with Crippen LogP contribution in [-0.4, -0.2) is 11.3 Å². The number of carbonyl (C=O) groups is 1. The van der Waals surface area contributed by atoms with Crippen LogP contribution in [0.2, 0.25) is 0 Å². The van der Waals surface area contributed by atoms with Gasteiger partial charge >= 0.3 is 0 Å². The minimum absolute atomic E-state index is 0.276. The van der Waals surface area contributed by atoms with Gasteiger partial charge in [0.1, 0.15) is 0 Å². The Morgan fingerprint density at radius 1 is 1.55 bits per heavy atom. The molecule has 0 saturated heterocycles. The Labute approximate surface area is 63.1 Å². The number of aromatic amines is 1. The zero-order valence-electron chi connectivity index (χ0n) is 5.63. The summed E-state index contributed by atoms with van der Waals surface area (Å²) in [5.74, 6) is 4.56. The van der Waals surface area contributed by atoms with Gasteiger partial charge in [-0.3, -0.25) is 9.59 Å². The number of aromatic nitrogens is 1. The SMILES string of the molecule is O=CC#Cc1ccc[nH]c1=O. The van der Waals surface area contributed by atoms with Crippen LogP contribution in [0, 0.1) is 11.8 Å². The number of rotatable bonds is 0. The standard InChI is InChI=1S/C8H5NO2/c10-6-2-4-7-3-1-5-9-8(7)11/h1,3,5-6H,(H,9,11). The highest BCUT2D eigenvalue weighted by Crippen LogP contribution is 1.83. The Balaban J connectivity index is 3.14. The molecule has 0 fully saturated rings. The van der Waals surface area contributed by atoms with Crippen LogP contribution < -0.4 is 5.56 Å². The second-order valence-corrected chi connectivity index (χ2v) is 1.80. The van der Waals surface area contributed by atoms with Crippen molar-refractivity contribution in [1.29, 1.82) is 0 Å². The van der Waals surface area contributed by atoms with Crippen LogP contribution in [0.4, 0.5) is 0 Å². The maximum atomic E-state index is 10.9. The average molecular weight is 147 g/mol. The fourth-order valence-electron chi connectivity index (χ4n) is 0.627. The Morgan fingerprint density at radius 3 is 3.00 bits per heavy atom. The lowest BCUT2D eigenvalue weighted by molar-refractivity contribution is -0.103. The molecule has 1 aromatic heterocycles. The predicted octanol–water partition coefficient (Wildman–Crippen LogP) is -0.0747. The van der Waals surface area contributed by atoms with Gasteiger partial charge in [0.05, 0.1) is 5.56 Å². The van der Waals surface area contributed by atoms with E-state index in [0.717, 1.165) is 0 Å². The van der Waals surface area contributed by atoms with Crippen molar-refractivity contribution in [1.82, 2.24) is 4.98 Å². The first-order valence-electron chi connectivity index (χ1n) is 2.97. The lowest BCUT2D eigenvalue weighted by atomic mass is 10.3. The number of hydrogen-bond acceptors (Lipinski definition) is 2. The Morgan fingerprint density at radius 2 is 2.36 bits per heavy atom. The van der Waals surface area contributed by atoms with Crippen molar-refractivity contribution in [2.24, 2.45) is 0 Å². The summed E-state index contributed by atoms with van der Waals surface area (Å²) in [5.41, 5.74) is 0.0291. The summed E-state index contributed by atoms with van der Waals surface area (Å²) >= 11 is 0. The number of H-pyrrole nitrogens is 1. The second kappa shape index (κ2) is 3.37. The fourth-order valence-corrected chi connectivity index (χ4v) is 0.627. The van der Waals surface area contributed by atoms with Crippen LogP contribution >= 0.6 is 0 Å². The molecule has 0 saturated carbocycles. The largest absolute Gasteiger partial charge is 0.328 e. The second-order valence-electron chi connectivity index (χ2n) is 1.80. The Kier molecular flexibility index (Phi) is 2.24. The van der Waals surface area contributed by atoms with E-state index < -0.39 is 0 Å². The molecule has 0 amide bonds. The maximum Gasteiger partial charge on any atom is 0.263 e. The van der Waals surface area contributed by atoms with Gasteiger partial charge in [0, 0.05) is 6.20 Å². The molecule has 0 atom stereocenters. The zero-order chi connectivity index (χ0) is 8.10. The molecule has 0 aromatic carbocycles. The molecule has 0 aliphatic carbocycles. The summed E-state index contributed by atoms with van der Waals surface area (Å²) in [6.07, 6.45) is 1.96. The monoisotopic (exact) mass is 147 g/mol.